The first kappa shape index (κ1) is 19.0. The summed E-state index contributed by atoms with van der Waals surface area (Å²) in [6.07, 6.45) is 1.75. The summed E-state index contributed by atoms with van der Waals surface area (Å²) in [6.45, 7) is 1.95. The number of esters is 1. The average molecular weight is 406 g/mol. The first-order valence-electron chi connectivity index (χ1n) is 9.05. The van der Waals surface area contributed by atoms with Crippen molar-refractivity contribution in [2.24, 2.45) is 0 Å². The van der Waals surface area contributed by atoms with Gasteiger partial charge in [0.2, 0.25) is 5.78 Å². The number of Topliss-reactive ketones (excluding diaryl/α,β-unsaturated/α-hetero) is 1. The number of carbonyl (C=O) groups excluding carboxylic acids is 2. The summed E-state index contributed by atoms with van der Waals surface area (Å²) in [7, 11) is 0. The van der Waals surface area contributed by atoms with Crippen LogP contribution in [0, 0.1) is 6.92 Å². The Morgan fingerprint density at radius 3 is 2.72 bits per heavy atom. The van der Waals surface area contributed by atoms with Crippen molar-refractivity contribution in [3.05, 3.63) is 87.3 Å². The van der Waals surface area contributed by atoms with Crippen molar-refractivity contribution in [1.82, 2.24) is 0 Å². The minimum Gasteiger partial charge on any atom is -0.482 e. The van der Waals surface area contributed by atoms with Gasteiger partial charge in [-0.3, -0.25) is 4.79 Å². The van der Waals surface area contributed by atoms with Crippen LogP contribution in [0.5, 0.6) is 11.5 Å². The van der Waals surface area contributed by atoms with Crippen LogP contribution in [0.2, 0.25) is 0 Å². The topological polar surface area (TPSA) is 61.8 Å². The van der Waals surface area contributed by atoms with Crippen molar-refractivity contribution < 1.29 is 23.8 Å². The highest BCUT2D eigenvalue weighted by molar-refractivity contribution is 7.11. The summed E-state index contributed by atoms with van der Waals surface area (Å²) in [5.74, 6) is 0.499. The molecule has 0 saturated heterocycles. The first-order valence-corrected chi connectivity index (χ1v) is 9.93. The summed E-state index contributed by atoms with van der Waals surface area (Å²) in [4.78, 5) is 25.4. The van der Waals surface area contributed by atoms with Gasteiger partial charge in [0.25, 0.3) is 0 Å². The molecule has 0 spiro atoms. The summed E-state index contributed by atoms with van der Waals surface area (Å²) in [6, 6.07) is 16.3. The predicted octanol–water partition coefficient (Wildman–Crippen LogP) is 4.79. The number of thiophene rings is 1. The molecule has 2 heterocycles. The van der Waals surface area contributed by atoms with Gasteiger partial charge in [0.1, 0.15) is 18.1 Å². The molecule has 1 aromatic heterocycles. The third-order valence-corrected chi connectivity index (χ3v) is 5.37. The standard InChI is InChI=1S/C23H18O5S/c1-15-9-10-29-21(15)12-20-23(25)18-8-7-17(11-19(18)28-20)26-14-22(24)27-13-16-5-3-2-4-6-16/h2-12H,13-14H2,1H3/b20-12-. The molecule has 0 atom stereocenters. The fourth-order valence-corrected chi connectivity index (χ4v) is 3.68. The molecule has 0 N–H and O–H groups in total. The Balaban J connectivity index is 1.37. The maximum absolute atomic E-state index is 12.5. The van der Waals surface area contributed by atoms with Crippen LogP contribution in [0.1, 0.15) is 26.4 Å². The molecule has 0 unspecified atom stereocenters. The van der Waals surface area contributed by atoms with Gasteiger partial charge in [0, 0.05) is 17.0 Å². The molecule has 4 rings (SSSR count). The van der Waals surface area contributed by atoms with Gasteiger partial charge in [0.15, 0.2) is 12.4 Å². The lowest BCUT2D eigenvalue weighted by molar-refractivity contribution is -0.147. The minimum absolute atomic E-state index is 0.165. The lowest BCUT2D eigenvalue weighted by Gasteiger charge is -2.08. The maximum atomic E-state index is 12.5. The number of allylic oxidation sites excluding steroid dienone is 1. The molecule has 29 heavy (non-hydrogen) atoms. The molecule has 146 valence electrons. The summed E-state index contributed by atoms with van der Waals surface area (Å²) >= 11 is 1.55. The van der Waals surface area contributed by atoms with Crippen molar-refractivity contribution in [2.45, 2.75) is 13.5 Å². The van der Waals surface area contributed by atoms with Gasteiger partial charge in [-0.15, -0.1) is 11.3 Å². The van der Waals surface area contributed by atoms with Crippen LogP contribution in [-0.4, -0.2) is 18.4 Å². The Morgan fingerprint density at radius 1 is 1.14 bits per heavy atom. The minimum atomic E-state index is -0.472. The van der Waals surface area contributed by atoms with Crippen molar-refractivity contribution in [3.8, 4) is 11.5 Å². The van der Waals surface area contributed by atoms with Crippen LogP contribution in [0.25, 0.3) is 6.08 Å². The number of fused-ring (bicyclic) bond motifs is 1. The summed E-state index contributed by atoms with van der Waals surface area (Å²) < 4.78 is 16.4. The second-order valence-corrected chi connectivity index (χ2v) is 7.45. The van der Waals surface area contributed by atoms with Crippen LogP contribution in [-0.2, 0) is 16.1 Å². The average Bonchev–Trinajstić information content (AvgIpc) is 3.28. The van der Waals surface area contributed by atoms with Crippen molar-refractivity contribution in [2.75, 3.05) is 6.61 Å². The van der Waals surface area contributed by atoms with Gasteiger partial charge >= 0.3 is 5.97 Å². The quantitative estimate of drug-likeness (QED) is 0.435. The van der Waals surface area contributed by atoms with Crippen molar-refractivity contribution in [1.29, 1.82) is 0 Å². The highest BCUT2D eigenvalue weighted by Gasteiger charge is 2.28. The number of rotatable bonds is 6. The molecule has 2 aromatic carbocycles. The number of hydrogen-bond acceptors (Lipinski definition) is 6. The van der Waals surface area contributed by atoms with E-state index in [9.17, 15) is 9.59 Å². The lowest BCUT2D eigenvalue weighted by atomic mass is 10.1. The highest BCUT2D eigenvalue weighted by Crippen LogP contribution is 2.35. The van der Waals surface area contributed by atoms with Crippen molar-refractivity contribution >= 4 is 29.2 Å². The molecule has 3 aromatic rings. The molecular weight excluding hydrogens is 388 g/mol. The van der Waals surface area contributed by atoms with Gasteiger partial charge in [-0.2, -0.15) is 0 Å². The van der Waals surface area contributed by atoms with E-state index in [4.69, 9.17) is 14.2 Å². The first-order chi connectivity index (χ1) is 14.1. The van der Waals surface area contributed by atoms with Gasteiger partial charge in [0.05, 0.1) is 5.56 Å². The largest absolute Gasteiger partial charge is 0.482 e. The third-order valence-electron chi connectivity index (χ3n) is 4.40. The fourth-order valence-electron chi connectivity index (χ4n) is 2.83. The van der Waals surface area contributed by atoms with Crippen LogP contribution in [0.15, 0.2) is 65.7 Å². The smallest absolute Gasteiger partial charge is 0.344 e. The van der Waals surface area contributed by atoms with E-state index in [0.717, 1.165) is 16.0 Å². The number of ether oxygens (including phenoxy) is 3. The van der Waals surface area contributed by atoms with Crippen molar-refractivity contribution in [3.63, 3.8) is 0 Å². The molecule has 0 saturated carbocycles. The third kappa shape index (κ3) is 4.38. The molecule has 1 aliphatic rings. The van der Waals surface area contributed by atoms with E-state index in [0.29, 0.717) is 17.1 Å². The molecule has 0 aliphatic carbocycles. The molecular formula is C23H18O5S. The van der Waals surface area contributed by atoms with E-state index in [2.05, 4.69) is 0 Å². The Hall–Kier alpha value is -3.38. The molecule has 5 nitrogen and oxygen atoms in total. The molecule has 0 radical (unpaired) electrons. The van der Waals surface area contributed by atoms with E-state index >= 15 is 0 Å². The van der Waals surface area contributed by atoms with E-state index in [1.807, 2.05) is 48.7 Å². The van der Waals surface area contributed by atoms with Gasteiger partial charge in [-0.1, -0.05) is 30.3 Å². The number of hydrogen-bond donors (Lipinski definition) is 0. The Morgan fingerprint density at radius 2 is 1.97 bits per heavy atom. The van der Waals surface area contributed by atoms with Crippen LogP contribution in [0.4, 0.5) is 0 Å². The van der Waals surface area contributed by atoms with Crippen LogP contribution < -0.4 is 9.47 Å². The second-order valence-electron chi connectivity index (χ2n) is 6.50. The van der Waals surface area contributed by atoms with E-state index in [1.54, 1.807) is 35.6 Å². The predicted molar refractivity (Wildman–Crippen MR) is 110 cm³/mol. The fraction of sp³-hybridized carbons (Fsp3) is 0.130. The number of ketones is 1. The zero-order chi connectivity index (χ0) is 20.2. The number of carbonyl (C=O) groups is 2. The maximum Gasteiger partial charge on any atom is 0.344 e. The summed E-state index contributed by atoms with van der Waals surface area (Å²) in [5.41, 5.74) is 2.47. The Bertz CT molecular complexity index is 1080. The zero-order valence-electron chi connectivity index (χ0n) is 15.7. The van der Waals surface area contributed by atoms with Gasteiger partial charge in [-0.25, -0.2) is 4.79 Å². The molecule has 1 aliphatic heterocycles. The van der Waals surface area contributed by atoms with E-state index in [-0.39, 0.29) is 24.8 Å². The molecule has 0 bridgehead atoms. The Kier molecular flexibility index (Phi) is 5.44. The van der Waals surface area contributed by atoms with Crippen LogP contribution >= 0.6 is 11.3 Å². The number of benzene rings is 2. The zero-order valence-corrected chi connectivity index (χ0v) is 16.5. The molecule has 6 heteroatoms. The van der Waals surface area contributed by atoms with Gasteiger partial charge in [-0.05, 0) is 41.6 Å². The van der Waals surface area contributed by atoms with E-state index < -0.39 is 5.97 Å². The second kappa shape index (κ2) is 8.32. The molecule has 0 amide bonds. The van der Waals surface area contributed by atoms with Gasteiger partial charge < -0.3 is 14.2 Å². The monoisotopic (exact) mass is 406 g/mol. The Labute approximate surface area is 172 Å². The molecule has 0 fully saturated rings. The highest BCUT2D eigenvalue weighted by atomic mass is 32.1. The van der Waals surface area contributed by atoms with E-state index in [1.165, 1.54) is 0 Å². The normalized spacial score (nSPS) is 13.8. The lowest BCUT2D eigenvalue weighted by Crippen LogP contribution is -2.14. The van der Waals surface area contributed by atoms with Crippen LogP contribution in [0.3, 0.4) is 0 Å². The summed E-state index contributed by atoms with van der Waals surface area (Å²) in [5, 5.41) is 1.97. The SMILES string of the molecule is Cc1ccsc1/C=C1\Oc2cc(OCC(=O)OCc3ccccc3)ccc2C1=O. The number of aryl methyl sites for hydroxylation is 1.